The van der Waals surface area contributed by atoms with Gasteiger partial charge in [-0.1, -0.05) is 38.1 Å². The summed E-state index contributed by atoms with van der Waals surface area (Å²) in [5, 5.41) is 12.4. The molecule has 0 aliphatic heterocycles. The summed E-state index contributed by atoms with van der Waals surface area (Å²) in [5.41, 5.74) is 2.69. The van der Waals surface area contributed by atoms with Crippen LogP contribution in [0.1, 0.15) is 37.8 Å². The van der Waals surface area contributed by atoms with Crippen molar-refractivity contribution in [1.82, 2.24) is 5.32 Å². The van der Waals surface area contributed by atoms with E-state index in [1.54, 1.807) is 0 Å². The third-order valence-corrected chi connectivity index (χ3v) is 3.00. The molecule has 2 N–H and O–H groups in total. The Morgan fingerprint density at radius 2 is 1.75 bits per heavy atom. The zero-order chi connectivity index (χ0) is 11.8. The summed E-state index contributed by atoms with van der Waals surface area (Å²) in [6.45, 7) is 5.47. The molecule has 0 spiro atoms. The Hall–Kier alpha value is -0.860. The van der Waals surface area contributed by atoms with Crippen molar-refractivity contribution in [3.8, 4) is 0 Å². The number of aliphatic hydroxyl groups excluding tert-OH is 1. The molecule has 90 valence electrons. The number of nitrogens with one attached hydrogen (secondary N) is 1. The molecule has 2 heteroatoms. The molecular weight excluding hydrogens is 198 g/mol. The summed E-state index contributed by atoms with van der Waals surface area (Å²) in [4.78, 5) is 0. The molecule has 1 aromatic carbocycles. The fraction of sp³-hybridized carbons (Fsp3) is 0.571. The first kappa shape index (κ1) is 13.2. The third-order valence-electron chi connectivity index (χ3n) is 3.00. The molecule has 0 heterocycles. The number of rotatable bonds is 7. The molecule has 0 aliphatic rings. The van der Waals surface area contributed by atoms with Crippen molar-refractivity contribution in [2.45, 2.75) is 45.7 Å². The van der Waals surface area contributed by atoms with E-state index < -0.39 is 0 Å². The van der Waals surface area contributed by atoms with Crippen LogP contribution in [0.4, 0.5) is 0 Å². The van der Waals surface area contributed by atoms with E-state index in [1.807, 2.05) is 0 Å². The number of hydrogen-bond donors (Lipinski definition) is 2. The Labute approximate surface area is 98.7 Å². The maximum absolute atomic E-state index is 8.89. The van der Waals surface area contributed by atoms with E-state index in [2.05, 4.69) is 43.4 Å². The first-order valence-electron chi connectivity index (χ1n) is 6.22. The smallest absolute Gasteiger partial charge is 0.0445 e. The highest BCUT2D eigenvalue weighted by atomic mass is 16.3. The summed E-state index contributed by atoms with van der Waals surface area (Å²) in [6.07, 6.45) is 2.99. The van der Waals surface area contributed by atoms with Crippen molar-refractivity contribution in [3.05, 3.63) is 35.4 Å². The lowest BCUT2D eigenvalue weighted by Crippen LogP contribution is -2.28. The molecule has 0 saturated carbocycles. The van der Waals surface area contributed by atoms with Gasteiger partial charge in [0.1, 0.15) is 0 Å². The average Bonchev–Trinajstić information content (AvgIpc) is 2.35. The van der Waals surface area contributed by atoms with E-state index in [1.165, 1.54) is 11.1 Å². The fourth-order valence-corrected chi connectivity index (χ4v) is 1.76. The highest BCUT2D eigenvalue weighted by Crippen LogP contribution is 2.06. The zero-order valence-electron chi connectivity index (χ0n) is 10.4. The SMILES string of the molecule is CCc1ccc(CNC(CC)CCO)cc1. The Bertz CT molecular complexity index is 281. The van der Waals surface area contributed by atoms with Crippen molar-refractivity contribution < 1.29 is 5.11 Å². The van der Waals surface area contributed by atoms with Crippen LogP contribution < -0.4 is 5.32 Å². The largest absolute Gasteiger partial charge is 0.396 e. The number of aliphatic hydroxyl groups is 1. The fourth-order valence-electron chi connectivity index (χ4n) is 1.76. The van der Waals surface area contributed by atoms with Crippen LogP contribution in [0.15, 0.2) is 24.3 Å². The summed E-state index contributed by atoms with van der Waals surface area (Å²) < 4.78 is 0. The molecule has 0 bridgehead atoms. The van der Waals surface area contributed by atoms with Gasteiger partial charge in [0.05, 0.1) is 0 Å². The van der Waals surface area contributed by atoms with E-state index in [0.29, 0.717) is 6.04 Å². The molecule has 0 aromatic heterocycles. The van der Waals surface area contributed by atoms with Gasteiger partial charge in [-0.05, 0) is 30.4 Å². The molecule has 16 heavy (non-hydrogen) atoms. The Kier molecular flexibility index (Phi) is 6.12. The number of hydrogen-bond acceptors (Lipinski definition) is 2. The minimum Gasteiger partial charge on any atom is -0.396 e. The molecule has 0 radical (unpaired) electrons. The van der Waals surface area contributed by atoms with Gasteiger partial charge in [0.15, 0.2) is 0 Å². The average molecular weight is 221 g/mol. The molecule has 1 unspecified atom stereocenters. The maximum atomic E-state index is 8.89. The van der Waals surface area contributed by atoms with Crippen LogP contribution in [0.5, 0.6) is 0 Å². The van der Waals surface area contributed by atoms with Gasteiger partial charge in [-0.3, -0.25) is 0 Å². The van der Waals surface area contributed by atoms with Gasteiger partial charge in [-0.15, -0.1) is 0 Å². The van der Waals surface area contributed by atoms with E-state index in [0.717, 1.165) is 25.8 Å². The van der Waals surface area contributed by atoms with Crippen molar-refractivity contribution in [3.63, 3.8) is 0 Å². The van der Waals surface area contributed by atoms with Crippen molar-refractivity contribution in [2.75, 3.05) is 6.61 Å². The second-order valence-electron chi connectivity index (χ2n) is 4.17. The maximum Gasteiger partial charge on any atom is 0.0445 e. The molecule has 1 aromatic rings. The zero-order valence-corrected chi connectivity index (χ0v) is 10.4. The van der Waals surface area contributed by atoms with Crippen molar-refractivity contribution >= 4 is 0 Å². The first-order chi connectivity index (χ1) is 7.80. The van der Waals surface area contributed by atoms with E-state index in [9.17, 15) is 0 Å². The Morgan fingerprint density at radius 3 is 2.25 bits per heavy atom. The Balaban J connectivity index is 2.40. The Morgan fingerprint density at radius 1 is 1.12 bits per heavy atom. The van der Waals surface area contributed by atoms with Gasteiger partial charge >= 0.3 is 0 Å². The van der Waals surface area contributed by atoms with Crippen LogP contribution in [-0.2, 0) is 13.0 Å². The molecule has 0 aliphatic carbocycles. The molecular formula is C14H23NO. The van der Waals surface area contributed by atoms with Crippen LogP contribution in [-0.4, -0.2) is 17.8 Å². The van der Waals surface area contributed by atoms with Crippen LogP contribution in [0.3, 0.4) is 0 Å². The van der Waals surface area contributed by atoms with Gasteiger partial charge in [-0.25, -0.2) is 0 Å². The highest BCUT2D eigenvalue weighted by Gasteiger charge is 2.04. The van der Waals surface area contributed by atoms with Crippen LogP contribution in [0.2, 0.25) is 0 Å². The summed E-state index contributed by atoms with van der Waals surface area (Å²) in [5.74, 6) is 0. The molecule has 2 nitrogen and oxygen atoms in total. The van der Waals surface area contributed by atoms with E-state index in [-0.39, 0.29) is 6.61 Å². The minimum absolute atomic E-state index is 0.264. The molecule has 0 saturated heterocycles. The summed E-state index contributed by atoms with van der Waals surface area (Å²) in [7, 11) is 0. The summed E-state index contributed by atoms with van der Waals surface area (Å²) >= 11 is 0. The predicted molar refractivity (Wildman–Crippen MR) is 68.4 cm³/mol. The van der Waals surface area contributed by atoms with Crippen LogP contribution >= 0.6 is 0 Å². The predicted octanol–water partition coefficient (Wildman–Crippen LogP) is 2.50. The molecule has 0 amide bonds. The molecule has 1 atom stereocenters. The lowest BCUT2D eigenvalue weighted by molar-refractivity contribution is 0.262. The number of aryl methyl sites for hydroxylation is 1. The van der Waals surface area contributed by atoms with E-state index >= 15 is 0 Å². The molecule has 0 fully saturated rings. The monoisotopic (exact) mass is 221 g/mol. The van der Waals surface area contributed by atoms with Crippen LogP contribution in [0.25, 0.3) is 0 Å². The lowest BCUT2D eigenvalue weighted by atomic mass is 10.1. The normalized spacial score (nSPS) is 12.7. The van der Waals surface area contributed by atoms with Gasteiger partial charge < -0.3 is 10.4 Å². The van der Waals surface area contributed by atoms with Crippen LogP contribution in [0, 0.1) is 0 Å². The third kappa shape index (κ3) is 4.33. The van der Waals surface area contributed by atoms with Gasteiger partial charge in [0.25, 0.3) is 0 Å². The quantitative estimate of drug-likeness (QED) is 0.741. The van der Waals surface area contributed by atoms with Crippen molar-refractivity contribution in [2.24, 2.45) is 0 Å². The highest BCUT2D eigenvalue weighted by molar-refractivity contribution is 5.22. The number of benzene rings is 1. The first-order valence-corrected chi connectivity index (χ1v) is 6.22. The summed E-state index contributed by atoms with van der Waals surface area (Å²) in [6, 6.07) is 9.15. The van der Waals surface area contributed by atoms with Gasteiger partial charge in [0.2, 0.25) is 0 Å². The standard InChI is InChI=1S/C14H23NO/c1-3-12-5-7-13(8-6-12)11-15-14(4-2)9-10-16/h5-8,14-16H,3-4,9-11H2,1-2H3. The lowest BCUT2D eigenvalue weighted by Gasteiger charge is -2.15. The van der Waals surface area contributed by atoms with Gasteiger partial charge in [0, 0.05) is 19.2 Å². The second-order valence-corrected chi connectivity index (χ2v) is 4.17. The van der Waals surface area contributed by atoms with Gasteiger partial charge in [-0.2, -0.15) is 0 Å². The van der Waals surface area contributed by atoms with E-state index in [4.69, 9.17) is 5.11 Å². The van der Waals surface area contributed by atoms with Crippen molar-refractivity contribution in [1.29, 1.82) is 0 Å². The second kappa shape index (κ2) is 7.42. The molecule has 1 rings (SSSR count). The minimum atomic E-state index is 0.264. The topological polar surface area (TPSA) is 32.3 Å².